The normalized spacial score (nSPS) is 15.3. The minimum atomic E-state index is -3.65. The quantitative estimate of drug-likeness (QED) is 0.282. The van der Waals surface area contributed by atoms with Crippen molar-refractivity contribution in [2.24, 2.45) is 10.1 Å². The van der Waals surface area contributed by atoms with Crippen molar-refractivity contribution in [1.82, 2.24) is 10.6 Å². The van der Waals surface area contributed by atoms with Gasteiger partial charge in [-0.15, -0.1) is 24.0 Å². The molecule has 0 radical (unpaired) electrons. The summed E-state index contributed by atoms with van der Waals surface area (Å²) in [5.74, 6) is 0.745. The van der Waals surface area contributed by atoms with Crippen molar-refractivity contribution < 1.29 is 8.42 Å². The summed E-state index contributed by atoms with van der Waals surface area (Å²) in [6, 6.07) is 14.7. The van der Waals surface area contributed by atoms with E-state index in [0.717, 1.165) is 42.4 Å². The number of sulfonamides is 1. The molecule has 0 spiro atoms. The van der Waals surface area contributed by atoms with Crippen LogP contribution in [0.2, 0.25) is 5.02 Å². The molecule has 9 heteroatoms. The average Bonchev–Trinajstić information content (AvgIpc) is 3.45. The van der Waals surface area contributed by atoms with E-state index in [0.29, 0.717) is 6.54 Å². The fourth-order valence-corrected chi connectivity index (χ4v) is 3.89. The Morgan fingerprint density at radius 2 is 1.86 bits per heavy atom. The van der Waals surface area contributed by atoms with Crippen molar-refractivity contribution >= 4 is 51.6 Å². The molecule has 2 aromatic carbocycles. The summed E-state index contributed by atoms with van der Waals surface area (Å²) >= 11 is 6.13. The predicted octanol–water partition coefficient (Wildman–Crippen LogP) is 3.04. The molecule has 0 atom stereocenters. The summed E-state index contributed by atoms with van der Waals surface area (Å²) < 4.78 is 22.6. The number of nitrogens with one attached hydrogen (secondary N) is 2. The van der Waals surface area contributed by atoms with Gasteiger partial charge in [0.25, 0.3) is 0 Å². The molecule has 0 unspecified atom stereocenters. The molecule has 29 heavy (non-hydrogen) atoms. The maximum Gasteiger partial charge on any atom is 0.238 e. The molecule has 0 bridgehead atoms. The Morgan fingerprint density at radius 1 is 1.17 bits per heavy atom. The SMILES string of the molecule is CN=C(NCCc1ccc(S(N)(=O)=O)cc1)NCC1(c2cccc(Cl)c2)CC1.I. The van der Waals surface area contributed by atoms with Crippen LogP contribution in [-0.4, -0.2) is 34.5 Å². The number of benzene rings is 2. The van der Waals surface area contributed by atoms with E-state index in [2.05, 4.69) is 21.7 Å². The Morgan fingerprint density at radius 3 is 2.41 bits per heavy atom. The topological polar surface area (TPSA) is 96.6 Å². The maximum absolute atomic E-state index is 11.3. The van der Waals surface area contributed by atoms with Crippen LogP contribution in [0.5, 0.6) is 0 Å². The smallest absolute Gasteiger partial charge is 0.238 e. The standard InChI is InChI=1S/C20H25ClN4O2S.HI/c1-23-19(24-12-9-15-5-7-18(8-6-15)28(22,26)27)25-14-20(10-11-20)16-3-2-4-17(21)13-16;/h2-8,13H,9-12,14H2,1H3,(H2,22,26,27)(H2,23,24,25);1H. The van der Waals surface area contributed by atoms with Crippen LogP contribution in [0.4, 0.5) is 0 Å². The molecule has 0 aliphatic heterocycles. The van der Waals surface area contributed by atoms with Gasteiger partial charge in [-0.1, -0.05) is 35.9 Å². The number of guanidine groups is 1. The summed E-state index contributed by atoms with van der Waals surface area (Å²) in [7, 11) is -1.91. The molecule has 0 amide bonds. The summed E-state index contributed by atoms with van der Waals surface area (Å²) in [6.45, 7) is 1.48. The first kappa shape index (κ1) is 23.9. The second-order valence-electron chi connectivity index (χ2n) is 7.08. The Labute approximate surface area is 194 Å². The van der Waals surface area contributed by atoms with Gasteiger partial charge in [0.1, 0.15) is 0 Å². The van der Waals surface area contributed by atoms with Crippen LogP contribution < -0.4 is 15.8 Å². The number of nitrogens with two attached hydrogens (primary N) is 1. The third-order valence-electron chi connectivity index (χ3n) is 5.07. The zero-order valence-electron chi connectivity index (χ0n) is 16.2. The lowest BCUT2D eigenvalue weighted by atomic mass is 9.96. The molecule has 3 rings (SSSR count). The van der Waals surface area contributed by atoms with Crippen molar-refractivity contribution in [3.8, 4) is 0 Å². The van der Waals surface area contributed by atoms with Gasteiger partial charge in [0.15, 0.2) is 5.96 Å². The van der Waals surface area contributed by atoms with E-state index in [1.54, 1.807) is 19.2 Å². The van der Waals surface area contributed by atoms with Crippen LogP contribution in [0.15, 0.2) is 58.4 Å². The number of nitrogens with zero attached hydrogens (tertiary/aromatic N) is 1. The molecule has 1 fully saturated rings. The summed E-state index contributed by atoms with van der Waals surface area (Å²) in [5.41, 5.74) is 2.41. The van der Waals surface area contributed by atoms with E-state index in [1.165, 1.54) is 17.7 Å². The molecular weight excluding hydrogens is 523 g/mol. The van der Waals surface area contributed by atoms with Crippen molar-refractivity contribution in [3.05, 3.63) is 64.7 Å². The Hall–Kier alpha value is -1.36. The monoisotopic (exact) mass is 548 g/mol. The van der Waals surface area contributed by atoms with Gasteiger partial charge in [0.05, 0.1) is 4.90 Å². The highest BCUT2D eigenvalue weighted by molar-refractivity contribution is 14.0. The molecule has 4 N–H and O–H groups in total. The van der Waals surface area contributed by atoms with Crippen LogP contribution in [-0.2, 0) is 21.9 Å². The molecule has 1 aliphatic rings. The highest BCUT2D eigenvalue weighted by atomic mass is 127. The van der Waals surface area contributed by atoms with Crippen LogP contribution in [0.25, 0.3) is 0 Å². The lowest BCUT2D eigenvalue weighted by molar-refractivity contribution is 0.598. The molecule has 158 valence electrons. The van der Waals surface area contributed by atoms with E-state index in [4.69, 9.17) is 16.7 Å². The van der Waals surface area contributed by atoms with Gasteiger partial charge in [-0.2, -0.15) is 0 Å². The van der Waals surface area contributed by atoms with Gasteiger partial charge in [0.2, 0.25) is 10.0 Å². The average molecular weight is 549 g/mol. The number of rotatable bonds is 7. The lowest BCUT2D eigenvalue weighted by Crippen LogP contribution is -2.41. The first-order valence-electron chi connectivity index (χ1n) is 9.15. The lowest BCUT2D eigenvalue weighted by Gasteiger charge is -2.19. The highest BCUT2D eigenvalue weighted by Crippen LogP contribution is 2.48. The maximum atomic E-state index is 11.3. The third kappa shape index (κ3) is 6.56. The van der Waals surface area contributed by atoms with E-state index >= 15 is 0 Å². The fraction of sp³-hybridized carbons (Fsp3) is 0.350. The minimum absolute atomic E-state index is 0. The number of halogens is 2. The van der Waals surface area contributed by atoms with E-state index in [-0.39, 0.29) is 34.3 Å². The molecular formula is C20H26ClIN4O2S. The van der Waals surface area contributed by atoms with Crippen LogP contribution in [0.3, 0.4) is 0 Å². The van der Waals surface area contributed by atoms with Gasteiger partial charge >= 0.3 is 0 Å². The highest BCUT2D eigenvalue weighted by Gasteiger charge is 2.44. The summed E-state index contributed by atoms with van der Waals surface area (Å²) in [6.07, 6.45) is 3.01. The van der Waals surface area contributed by atoms with Gasteiger partial charge in [-0.05, 0) is 54.7 Å². The molecule has 0 heterocycles. The van der Waals surface area contributed by atoms with Gasteiger partial charge < -0.3 is 10.6 Å². The van der Waals surface area contributed by atoms with Crippen molar-refractivity contribution in [2.75, 3.05) is 20.1 Å². The summed E-state index contributed by atoms with van der Waals surface area (Å²) in [4.78, 5) is 4.40. The van der Waals surface area contributed by atoms with E-state index in [1.807, 2.05) is 18.2 Å². The largest absolute Gasteiger partial charge is 0.356 e. The Bertz CT molecular complexity index is 961. The Balaban J connectivity index is 0.00000300. The molecule has 1 saturated carbocycles. The van der Waals surface area contributed by atoms with Crippen LogP contribution in [0, 0.1) is 0 Å². The third-order valence-corrected chi connectivity index (χ3v) is 6.23. The fourth-order valence-electron chi connectivity index (χ4n) is 3.18. The zero-order valence-corrected chi connectivity index (χ0v) is 20.1. The van der Waals surface area contributed by atoms with Crippen LogP contribution in [0.1, 0.15) is 24.0 Å². The second kappa shape index (κ2) is 10.1. The van der Waals surface area contributed by atoms with E-state index in [9.17, 15) is 8.42 Å². The first-order valence-corrected chi connectivity index (χ1v) is 11.1. The molecule has 0 saturated heterocycles. The van der Waals surface area contributed by atoms with Gasteiger partial charge in [-0.25, -0.2) is 13.6 Å². The summed E-state index contributed by atoms with van der Waals surface area (Å²) in [5, 5.41) is 12.6. The van der Waals surface area contributed by atoms with Gasteiger partial charge in [0, 0.05) is 30.6 Å². The van der Waals surface area contributed by atoms with Gasteiger partial charge in [-0.3, -0.25) is 4.99 Å². The van der Waals surface area contributed by atoms with Crippen molar-refractivity contribution in [3.63, 3.8) is 0 Å². The first-order chi connectivity index (χ1) is 13.3. The molecule has 1 aliphatic carbocycles. The Kier molecular flexibility index (Phi) is 8.33. The molecule has 2 aromatic rings. The number of aliphatic imine (C=N–C) groups is 1. The molecule has 0 aromatic heterocycles. The van der Waals surface area contributed by atoms with E-state index < -0.39 is 10.0 Å². The van der Waals surface area contributed by atoms with Crippen molar-refractivity contribution in [1.29, 1.82) is 0 Å². The second-order valence-corrected chi connectivity index (χ2v) is 9.08. The molecule has 6 nitrogen and oxygen atoms in total. The zero-order chi connectivity index (χ0) is 20.2. The van der Waals surface area contributed by atoms with Crippen LogP contribution >= 0.6 is 35.6 Å². The predicted molar refractivity (Wildman–Crippen MR) is 129 cm³/mol. The number of primary sulfonamides is 1. The number of hydrogen-bond donors (Lipinski definition) is 3. The minimum Gasteiger partial charge on any atom is -0.356 e. The number of hydrogen-bond acceptors (Lipinski definition) is 3. The van der Waals surface area contributed by atoms with Crippen molar-refractivity contribution in [2.45, 2.75) is 29.6 Å².